The third-order valence-electron chi connectivity index (χ3n) is 2.34. The summed E-state index contributed by atoms with van der Waals surface area (Å²) in [6.07, 6.45) is -0.00579. The van der Waals surface area contributed by atoms with Crippen LogP contribution in [0.5, 0.6) is 0 Å². The number of carbonyl (C=O) groups is 1. The van der Waals surface area contributed by atoms with Crippen molar-refractivity contribution in [2.45, 2.75) is 6.42 Å². The average Bonchev–Trinajstić information content (AvgIpc) is 2.64. The molecule has 0 bridgehead atoms. The van der Waals surface area contributed by atoms with Gasteiger partial charge >= 0.3 is 0 Å². The van der Waals surface area contributed by atoms with E-state index in [0.717, 1.165) is 7.57 Å². The molecule has 0 spiro atoms. The molecule has 18 heavy (non-hydrogen) atoms. The maximum Gasteiger partial charge on any atom is 0.169 e. The SMILES string of the molecule is O=C(Cc1cccc(Cl)c1F)c1cc(Br)sc1Br. The van der Waals surface area contributed by atoms with Crippen LogP contribution in [0, 0.1) is 5.82 Å². The van der Waals surface area contributed by atoms with Gasteiger partial charge in [0.1, 0.15) is 5.82 Å². The zero-order valence-electron chi connectivity index (χ0n) is 8.84. The third kappa shape index (κ3) is 3.02. The van der Waals surface area contributed by atoms with Crippen LogP contribution in [0.3, 0.4) is 0 Å². The van der Waals surface area contributed by atoms with Crippen LogP contribution in [0.1, 0.15) is 15.9 Å². The van der Waals surface area contributed by atoms with Gasteiger partial charge in [0.05, 0.1) is 12.6 Å². The molecule has 1 heterocycles. The molecule has 0 radical (unpaired) electrons. The van der Waals surface area contributed by atoms with Crippen molar-refractivity contribution < 1.29 is 9.18 Å². The van der Waals surface area contributed by atoms with Gasteiger partial charge in [0.2, 0.25) is 0 Å². The number of rotatable bonds is 3. The summed E-state index contributed by atoms with van der Waals surface area (Å²) in [5.41, 5.74) is 0.855. The number of benzene rings is 1. The highest BCUT2D eigenvalue weighted by molar-refractivity contribution is 9.12. The number of carbonyl (C=O) groups excluding carboxylic acids is 1. The standard InChI is InChI=1S/C12H6Br2ClFOS/c13-10-5-7(12(14)18-10)9(17)4-6-2-1-3-8(15)11(6)16/h1-3,5H,4H2. The van der Waals surface area contributed by atoms with Crippen molar-refractivity contribution in [3.8, 4) is 0 Å². The molecule has 2 rings (SSSR count). The zero-order valence-corrected chi connectivity index (χ0v) is 13.6. The molecule has 1 aromatic heterocycles. The summed E-state index contributed by atoms with van der Waals surface area (Å²) in [6, 6.07) is 6.38. The lowest BCUT2D eigenvalue weighted by atomic mass is 10.1. The van der Waals surface area contributed by atoms with Crippen molar-refractivity contribution in [3.63, 3.8) is 0 Å². The van der Waals surface area contributed by atoms with E-state index >= 15 is 0 Å². The lowest BCUT2D eigenvalue weighted by molar-refractivity contribution is 0.0991. The topological polar surface area (TPSA) is 17.1 Å². The fourth-order valence-corrected chi connectivity index (χ4v) is 4.53. The fraction of sp³-hybridized carbons (Fsp3) is 0.0833. The molecule has 0 unspecified atom stereocenters. The molecule has 2 aromatic rings. The van der Waals surface area contributed by atoms with E-state index in [0.29, 0.717) is 11.1 Å². The van der Waals surface area contributed by atoms with Crippen molar-refractivity contribution >= 4 is 60.6 Å². The van der Waals surface area contributed by atoms with Crippen molar-refractivity contribution in [1.82, 2.24) is 0 Å². The van der Waals surface area contributed by atoms with Crippen LogP contribution in [0.2, 0.25) is 5.02 Å². The van der Waals surface area contributed by atoms with E-state index in [9.17, 15) is 9.18 Å². The van der Waals surface area contributed by atoms with Gasteiger partial charge in [-0.2, -0.15) is 0 Å². The number of ketones is 1. The quantitative estimate of drug-likeness (QED) is 0.609. The molecule has 1 aromatic carbocycles. The molecular formula is C12H6Br2ClFOS. The zero-order chi connectivity index (χ0) is 13.3. The Balaban J connectivity index is 2.27. The van der Waals surface area contributed by atoms with Crippen LogP contribution in [0.4, 0.5) is 4.39 Å². The van der Waals surface area contributed by atoms with Crippen molar-refractivity contribution in [1.29, 1.82) is 0 Å². The van der Waals surface area contributed by atoms with E-state index < -0.39 is 5.82 Å². The van der Waals surface area contributed by atoms with E-state index in [1.54, 1.807) is 18.2 Å². The fourth-order valence-electron chi connectivity index (χ4n) is 1.48. The highest BCUT2D eigenvalue weighted by Crippen LogP contribution is 2.33. The van der Waals surface area contributed by atoms with E-state index in [1.165, 1.54) is 17.4 Å². The monoisotopic (exact) mass is 410 g/mol. The Morgan fingerprint density at radius 1 is 1.39 bits per heavy atom. The highest BCUT2D eigenvalue weighted by atomic mass is 79.9. The summed E-state index contributed by atoms with van der Waals surface area (Å²) in [4.78, 5) is 12.1. The van der Waals surface area contributed by atoms with E-state index in [4.69, 9.17) is 11.6 Å². The summed E-state index contributed by atoms with van der Waals surface area (Å²) in [7, 11) is 0. The van der Waals surface area contributed by atoms with Gasteiger partial charge in [-0.05, 0) is 49.6 Å². The maximum atomic E-state index is 13.7. The molecule has 0 aliphatic carbocycles. The maximum absolute atomic E-state index is 13.7. The first-order valence-electron chi connectivity index (χ1n) is 4.90. The number of hydrogen-bond acceptors (Lipinski definition) is 2. The molecule has 0 aliphatic heterocycles. The van der Waals surface area contributed by atoms with Crippen molar-refractivity contribution in [3.05, 3.63) is 53.8 Å². The first kappa shape index (κ1) is 14.2. The summed E-state index contributed by atoms with van der Waals surface area (Å²) in [5.74, 6) is -0.678. The second kappa shape index (κ2) is 5.82. The molecule has 0 saturated heterocycles. The summed E-state index contributed by atoms with van der Waals surface area (Å²) in [6.45, 7) is 0. The predicted octanol–water partition coefficient (Wildman–Crippen LogP) is 5.49. The molecule has 0 atom stereocenters. The number of hydrogen-bond donors (Lipinski definition) is 0. The van der Waals surface area contributed by atoms with Gasteiger partial charge in [0.25, 0.3) is 0 Å². The molecule has 0 saturated carbocycles. The lowest BCUT2D eigenvalue weighted by Crippen LogP contribution is -2.04. The van der Waals surface area contributed by atoms with Gasteiger partial charge in [0, 0.05) is 12.0 Å². The van der Waals surface area contributed by atoms with Gasteiger partial charge in [-0.3, -0.25) is 4.79 Å². The average molecular weight is 413 g/mol. The predicted molar refractivity (Wildman–Crippen MR) is 79.2 cm³/mol. The van der Waals surface area contributed by atoms with E-state index in [1.807, 2.05) is 0 Å². The minimum Gasteiger partial charge on any atom is -0.294 e. The molecule has 6 heteroatoms. The Bertz CT molecular complexity index is 612. The van der Waals surface area contributed by atoms with Gasteiger partial charge in [0.15, 0.2) is 5.78 Å². The van der Waals surface area contributed by atoms with Crippen LogP contribution < -0.4 is 0 Å². The smallest absolute Gasteiger partial charge is 0.169 e. The first-order chi connectivity index (χ1) is 8.49. The summed E-state index contributed by atoms with van der Waals surface area (Å²) in [5, 5.41) is 0.0332. The molecular weight excluding hydrogens is 406 g/mol. The van der Waals surface area contributed by atoms with Gasteiger partial charge < -0.3 is 0 Å². The molecule has 94 valence electrons. The van der Waals surface area contributed by atoms with Gasteiger partial charge in [-0.15, -0.1) is 11.3 Å². The van der Waals surface area contributed by atoms with Gasteiger partial charge in [-0.1, -0.05) is 23.7 Å². The number of Topliss-reactive ketones (excluding diaryl/α,β-unsaturated/α-hetero) is 1. The van der Waals surface area contributed by atoms with Crippen LogP contribution in [-0.2, 0) is 6.42 Å². The molecule has 0 aliphatic rings. The Labute approximate surface area is 129 Å². The van der Waals surface area contributed by atoms with E-state index in [-0.39, 0.29) is 17.2 Å². The summed E-state index contributed by atoms with van der Waals surface area (Å²) < 4.78 is 15.3. The van der Waals surface area contributed by atoms with E-state index in [2.05, 4.69) is 31.9 Å². The Morgan fingerprint density at radius 2 is 2.11 bits per heavy atom. The Kier molecular flexibility index (Phi) is 4.59. The second-order valence-corrected chi connectivity index (χ2v) is 7.71. The lowest BCUT2D eigenvalue weighted by Gasteiger charge is -2.03. The van der Waals surface area contributed by atoms with Crippen molar-refractivity contribution in [2.75, 3.05) is 0 Å². The van der Waals surface area contributed by atoms with Gasteiger partial charge in [-0.25, -0.2) is 4.39 Å². The molecule has 1 nitrogen and oxygen atoms in total. The molecule has 0 fully saturated rings. The molecule has 0 N–H and O–H groups in total. The van der Waals surface area contributed by atoms with Crippen LogP contribution in [0.25, 0.3) is 0 Å². The van der Waals surface area contributed by atoms with Crippen LogP contribution in [-0.4, -0.2) is 5.78 Å². The number of thiophene rings is 1. The van der Waals surface area contributed by atoms with Crippen molar-refractivity contribution in [2.24, 2.45) is 0 Å². The van der Waals surface area contributed by atoms with Crippen LogP contribution >= 0.6 is 54.8 Å². The summed E-state index contributed by atoms with van der Waals surface area (Å²) >= 11 is 13.7. The minimum absolute atomic E-state index is 0.00579. The highest BCUT2D eigenvalue weighted by Gasteiger charge is 2.16. The number of halogens is 4. The minimum atomic E-state index is -0.530. The largest absolute Gasteiger partial charge is 0.294 e. The Hall–Kier alpha value is -0.230. The van der Waals surface area contributed by atoms with Crippen LogP contribution in [0.15, 0.2) is 31.8 Å². The Morgan fingerprint density at radius 3 is 2.72 bits per heavy atom. The normalized spacial score (nSPS) is 10.7. The first-order valence-corrected chi connectivity index (χ1v) is 7.68. The second-order valence-electron chi connectivity index (χ2n) is 3.55. The molecule has 0 amide bonds. The third-order valence-corrected chi connectivity index (χ3v) is 4.97.